The summed E-state index contributed by atoms with van der Waals surface area (Å²) in [4.78, 5) is 11.5. The number of nitrogens with one attached hydrogen (secondary N) is 2. The fourth-order valence-electron chi connectivity index (χ4n) is 2.61. The SMILES string of the molecule is CNC(=O)c1ccc(NCC2CCC(O)CC2)c(N)c1. The second-order valence-electron chi connectivity index (χ2n) is 5.44. The van der Waals surface area contributed by atoms with Gasteiger partial charge in [0, 0.05) is 19.2 Å². The maximum atomic E-state index is 11.5. The minimum Gasteiger partial charge on any atom is -0.397 e. The Bertz CT molecular complexity index is 468. The number of amides is 1. The summed E-state index contributed by atoms with van der Waals surface area (Å²) < 4.78 is 0. The Morgan fingerprint density at radius 2 is 2.05 bits per heavy atom. The predicted molar refractivity (Wildman–Crippen MR) is 80.7 cm³/mol. The lowest BCUT2D eigenvalue weighted by Gasteiger charge is -2.26. The van der Waals surface area contributed by atoms with Crippen molar-refractivity contribution in [2.24, 2.45) is 5.92 Å². The molecule has 0 heterocycles. The Labute approximate surface area is 119 Å². The van der Waals surface area contributed by atoms with Crippen molar-refractivity contribution in [3.63, 3.8) is 0 Å². The highest BCUT2D eigenvalue weighted by atomic mass is 16.3. The monoisotopic (exact) mass is 277 g/mol. The van der Waals surface area contributed by atoms with Gasteiger partial charge in [-0.2, -0.15) is 0 Å². The van der Waals surface area contributed by atoms with Crippen LogP contribution in [0.15, 0.2) is 18.2 Å². The summed E-state index contributed by atoms with van der Waals surface area (Å²) in [5, 5.41) is 15.4. The molecule has 110 valence electrons. The zero-order valence-electron chi connectivity index (χ0n) is 11.9. The van der Waals surface area contributed by atoms with Crippen LogP contribution in [-0.4, -0.2) is 30.7 Å². The van der Waals surface area contributed by atoms with Crippen LogP contribution in [0.4, 0.5) is 11.4 Å². The van der Waals surface area contributed by atoms with Crippen LogP contribution in [0.2, 0.25) is 0 Å². The molecule has 0 bridgehead atoms. The first-order valence-electron chi connectivity index (χ1n) is 7.13. The van der Waals surface area contributed by atoms with Gasteiger partial charge < -0.3 is 21.5 Å². The van der Waals surface area contributed by atoms with E-state index in [0.717, 1.165) is 37.9 Å². The molecule has 0 aliphatic heterocycles. The summed E-state index contributed by atoms with van der Waals surface area (Å²) in [7, 11) is 1.60. The maximum absolute atomic E-state index is 11.5. The van der Waals surface area contributed by atoms with Gasteiger partial charge in [0.2, 0.25) is 0 Å². The molecule has 1 amide bonds. The molecule has 1 aliphatic rings. The van der Waals surface area contributed by atoms with E-state index in [2.05, 4.69) is 10.6 Å². The molecule has 0 atom stereocenters. The standard InChI is InChI=1S/C15H23N3O2/c1-17-15(20)11-4-7-14(13(16)8-11)18-9-10-2-5-12(19)6-3-10/h4,7-8,10,12,18-19H,2-3,5-6,9,16H2,1H3,(H,17,20). The van der Waals surface area contributed by atoms with Crippen molar-refractivity contribution in [2.75, 3.05) is 24.6 Å². The molecule has 1 aromatic rings. The lowest BCUT2D eigenvalue weighted by molar-refractivity contribution is 0.0963. The zero-order chi connectivity index (χ0) is 14.5. The van der Waals surface area contributed by atoms with Crippen LogP contribution in [0.5, 0.6) is 0 Å². The Kier molecular flexibility index (Phi) is 4.84. The van der Waals surface area contributed by atoms with E-state index in [1.165, 1.54) is 0 Å². The van der Waals surface area contributed by atoms with Crippen molar-refractivity contribution in [1.82, 2.24) is 5.32 Å². The highest BCUT2D eigenvalue weighted by molar-refractivity contribution is 5.95. The molecule has 0 unspecified atom stereocenters. The van der Waals surface area contributed by atoms with Crippen molar-refractivity contribution in [2.45, 2.75) is 31.8 Å². The second-order valence-corrected chi connectivity index (χ2v) is 5.44. The van der Waals surface area contributed by atoms with E-state index in [4.69, 9.17) is 5.73 Å². The average Bonchev–Trinajstić information content (AvgIpc) is 2.46. The molecule has 1 aromatic carbocycles. The van der Waals surface area contributed by atoms with Gasteiger partial charge in [0.05, 0.1) is 17.5 Å². The van der Waals surface area contributed by atoms with Gasteiger partial charge in [-0.15, -0.1) is 0 Å². The Balaban J connectivity index is 1.91. The van der Waals surface area contributed by atoms with Gasteiger partial charge in [0.25, 0.3) is 5.91 Å². The number of carbonyl (C=O) groups excluding carboxylic acids is 1. The predicted octanol–water partition coefficient (Wildman–Crippen LogP) is 1.59. The molecule has 0 spiro atoms. The van der Waals surface area contributed by atoms with Crippen LogP contribution in [0.1, 0.15) is 36.0 Å². The third-order valence-electron chi connectivity index (χ3n) is 3.94. The second kappa shape index (κ2) is 6.61. The first-order valence-corrected chi connectivity index (χ1v) is 7.13. The quantitative estimate of drug-likeness (QED) is 0.629. The van der Waals surface area contributed by atoms with E-state index >= 15 is 0 Å². The maximum Gasteiger partial charge on any atom is 0.251 e. The number of hydrogen-bond donors (Lipinski definition) is 4. The van der Waals surface area contributed by atoms with Gasteiger partial charge >= 0.3 is 0 Å². The number of nitrogens with two attached hydrogens (primary N) is 1. The Morgan fingerprint density at radius 3 is 2.65 bits per heavy atom. The number of nitrogen functional groups attached to an aromatic ring is 1. The highest BCUT2D eigenvalue weighted by Gasteiger charge is 2.19. The molecule has 0 aromatic heterocycles. The molecule has 5 N–H and O–H groups in total. The number of aliphatic hydroxyl groups is 1. The molecule has 2 rings (SSSR count). The molecule has 1 fully saturated rings. The highest BCUT2D eigenvalue weighted by Crippen LogP contribution is 2.26. The zero-order valence-corrected chi connectivity index (χ0v) is 11.9. The van der Waals surface area contributed by atoms with Crippen LogP contribution in [-0.2, 0) is 0 Å². The third kappa shape index (κ3) is 3.63. The molecule has 0 saturated heterocycles. The average molecular weight is 277 g/mol. The summed E-state index contributed by atoms with van der Waals surface area (Å²) in [6.07, 6.45) is 3.74. The lowest BCUT2D eigenvalue weighted by Crippen LogP contribution is -2.24. The Hall–Kier alpha value is -1.75. The van der Waals surface area contributed by atoms with Crippen molar-refractivity contribution in [3.8, 4) is 0 Å². The first kappa shape index (κ1) is 14.7. The lowest BCUT2D eigenvalue weighted by atomic mass is 9.87. The largest absolute Gasteiger partial charge is 0.397 e. The summed E-state index contributed by atoms with van der Waals surface area (Å²) in [5.41, 5.74) is 7.98. The van der Waals surface area contributed by atoms with E-state index in [9.17, 15) is 9.90 Å². The molecule has 5 heteroatoms. The van der Waals surface area contributed by atoms with Crippen molar-refractivity contribution in [1.29, 1.82) is 0 Å². The summed E-state index contributed by atoms with van der Waals surface area (Å²) in [6, 6.07) is 5.30. The molecule has 5 nitrogen and oxygen atoms in total. The number of aliphatic hydroxyl groups excluding tert-OH is 1. The summed E-state index contributed by atoms with van der Waals surface area (Å²) in [5.74, 6) is 0.445. The van der Waals surface area contributed by atoms with Crippen LogP contribution < -0.4 is 16.4 Å². The fourth-order valence-corrected chi connectivity index (χ4v) is 2.61. The van der Waals surface area contributed by atoms with Crippen LogP contribution in [0.3, 0.4) is 0 Å². The molecule has 0 radical (unpaired) electrons. The summed E-state index contributed by atoms with van der Waals surface area (Å²) >= 11 is 0. The normalized spacial score (nSPS) is 22.3. The van der Waals surface area contributed by atoms with Gasteiger partial charge in [-0.25, -0.2) is 0 Å². The molecular formula is C15H23N3O2. The fraction of sp³-hybridized carbons (Fsp3) is 0.533. The minimum atomic E-state index is -0.135. The Morgan fingerprint density at radius 1 is 1.35 bits per heavy atom. The number of carbonyl (C=O) groups is 1. The van der Waals surface area contributed by atoms with Crippen LogP contribution in [0.25, 0.3) is 0 Å². The molecule has 1 saturated carbocycles. The van der Waals surface area contributed by atoms with E-state index in [0.29, 0.717) is 17.2 Å². The van der Waals surface area contributed by atoms with Crippen LogP contribution >= 0.6 is 0 Å². The number of benzene rings is 1. The van der Waals surface area contributed by atoms with Gasteiger partial charge in [0.1, 0.15) is 0 Å². The number of hydrogen-bond acceptors (Lipinski definition) is 4. The van der Waals surface area contributed by atoms with Crippen molar-refractivity contribution >= 4 is 17.3 Å². The number of anilines is 2. The summed E-state index contributed by atoms with van der Waals surface area (Å²) in [6.45, 7) is 0.857. The van der Waals surface area contributed by atoms with Crippen molar-refractivity contribution in [3.05, 3.63) is 23.8 Å². The first-order chi connectivity index (χ1) is 9.60. The van der Waals surface area contributed by atoms with Crippen molar-refractivity contribution < 1.29 is 9.90 Å². The molecule has 20 heavy (non-hydrogen) atoms. The van der Waals surface area contributed by atoms with E-state index in [1.54, 1.807) is 19.2 Å². The van der Waals surface area contributed by atoms with E-state index in [1.807, 2.05) is 6.07 Å². The minimum absolute atomic E-state index is 0.122. The smallest absolute Gasteiger partial charge is 0.251 e. The van der Waals surface area contributed by atoms with Crippen LogP contribution in [0, 0.1) is 5.92 Å². The van der Waals surface area contributed by atoms with Gasteiger partial charge in [-0.1, -0.05) is 0 Å². The van der Waals surface area contributed by atoms with E-state index < -0.39 is 0 Å². The van der Waals surface area contributed by atoms with Gasteiger partial charge in [-0.05, 0) is 49.8 Å². The molecule has 1 aliphatic carbocycles. The third-order valence-corrected chi connectivity index (χ3v) is 3.94. The van der Waals surface area contributed by atoms with Gasteiger partial charge in [-0.3, -0.25) is 4.79 Å². The van der Waals surface area contributed by atoms with Gasteiger partial charge in [0.15, 0.2) is 0 Å². The van der Waals surface area contributed by atoms with E-state index in [-0.39, 0.29) is 12.0 Å². The molecular weight excluding hydrogens is 254 g/mol. The number of rotatable bonds is 4. The topological polar surface area (TPSA) is 87.4 Å².